The van der Waals surface area contributed by atoms with Crippen LogP contribution < -0.4 is 10.4 Å². The average molecular weight is 520 g/mol. The van der Waals surface area contributed by atoms with Crippen LogP contribution in [0.15, 0.2) is 30.3 Å². The number of quaternary nitrogens is 1. The van der Waals surface area contributed by atoms with Crippen LogP contribution >= 0.6 is 0 Å². The Balaban J connectivity index is 0.000000604. The molecule has 1 heterocycles. The van der Waals surface area contributed by atoms with Crippen molar-refractivity contribution < 1.29 is 33.8 Å². The van der Waals surface area contributed by atoms with Gasteiger partial charge in [0.15, 0.2) is 0 Å². The van der Waals surface area contributed by atoms with E-state index in [2.05, 4.69) is 26.5 Å². The van der Waals surface area contributed by atoms with E-state index in [9.17, 15) is 19.5 Å². The molecular formula is C28H45N3O6. The SMILES string of the molecule is CCOC(=O)[C@H](CCc1ccccc1)N[C@@H](C)C(=O)N1[C@H](C(=O)[O-])C[C@@H]2CCC[C@@H]21.C[N+](C)(C)CCO. The number of nitrogens with one attached hydrogen (secondary N) is 1. The maximum absolute atomic E-state index is 13.2. The highest BCUT2D eigenvalue weighted by Crippen LogP contribution is 2.41. The highest BCUT2D eigenvalue weighted by molar-refractivity contribution is 5.88. The fourth-order valence-electron chi connectivity index (χ4n) is 5.18. The number of carbonyl (C=O) groups excluding carboxylic acids is 3. The quantitative estimate of drug-likeness (QED) is 0.327. The molecule has 0 aromatic heterocycles. The normalized spacial score (nSPS) is 22.4. The van der Waals surface area contributed by atoms with Crippen molar-refractivity contribution in [3.63, 3.8) is 0 Å². The van der Waals surface area contributed by atoms with Gasteiger partial charge in [0.2, 0.25) is 5.91 Å². The van der Waals surface area contributed by atoms with Crippen LogP contribution in [0.4, 0.5) is 0 Å². The Labute approximate surface area is 221 Å². The number of carboxylic acid groups (broad SMARTS) is 1. The number of likely N-dealkylation sites (N-methyl/N-ethyl adjacent to an activating group) is 1. The van der Waals surface area contributed by atoms with E-state index in [0.29, 0.717) is 19.3 Å². The van der Waals surface area contributed by atoms with Gasteiger partial charge in [0.1, 0.15) is 12.6 Å². The van der Waals surface area contributed by atoms with Gasteiger partial charge in [-0.25, -0.2) is 0 Å². The minimum atomic E-state index is -1.20. The molecule has 37 heavy (non-hydrogen) atoms. The molecule has 208 valence electrons. The highest BCUT2D eigenvalue weighted by atomic mass is 16.5. The third-order valence-electron chi connectivity index (χ3n) is 7.09. The summed E-state index contributed by atoms with van der Waals surface area (Å²) in [4.78, 5) is 38.8. The number of carboxylic acids is 1. The summed E-state index contributed by atoms with van der Waals surface area (Å²) in [5, 5.41) is 23.1. The second-order valence-corrected chi connectivity index (χ2v) is 11.0. The summed E-state index contributed by atoms with van der Waals surface area (Å²) in [5.74, 6) is -1.66. The molecule has 2 N–H and O–H groups in total. The van der Waals surface area contributed by atoms with Gasteiger partial charge in [-0.3, -0.25) is 14.9 Å². The zero-order valence-electron chi connectivity index (χ0n) is 23.0. The lowest BCUT2D eigenvalue weighted by Gasteiger charge is -2.33. The van der Waals surface area contributed by atoms with Gasteiger partial charge in [-0.05, 0) is 57.4 Å². The third kappa shape index (κ3) is 9.39. The van der Waals surface area contributed by atoms with Crippen LogP contribution in [0.2, 0.25) is 0 Å². The number of aryl methyl sites for hydroxylation is 1. The van der Waals surface area contributed by atoms with Crippen molar-refractivity contribution in [2.24, 2.45) is 5.92 Å². The lowest BCUT2D eigenvalue weighted by molar-refractivity contribution is -0.870. The van der Waals surface area contributed by atoms with Crippen LogP contribution in [0.5, 0.6) is 0 Å². The highest BCUT2D eigenvalue weighted by Gasteiger charge is 2.47. The molecule has 9 heteroatoms. The molecule has 1 saturated heterocycles. The van der Waals surface area contributed by atoms with Crippen LogP contribution in [0.25, 0.3) is 0 Å². The summed E-state index contributed by atoms with van der Waals surface area (Å²) in [5.41, 5.74) is 1.10. The van der Waals surface area contributed by atoms with Crippen LogP contribution in [-0.4, -0.2) is 97.4 Å². The standard InChI is InChI=1S/C23H32N2O5.C5H14NO/c1-3-30-23(29)18(13-12-16-8-5-4-6-9-16)24-15(2)21(26)25-19-11-7-10-17(19)14-20(25)22(27)28;1-6(2,3)4-5-7/h4-6,8-9,15,17-20,24H,3,7,10-14H2,1-2H3,(H,27,28);7H,4-5H2,1-3H3/q;+1/p-1/t15-,17-,18-,19-,20-;/m0./s1. The molecule has 2 fully saturated rings. The van der Waals surface area contributed by atoms with Gasteiger partial charge < -0.3 is 29.1 Å². The van der Waals surface area contributed by atoms with Crippen LogP contribution in [0.1, 0.15) is 51.5 Å². The first-order chi connectivity index (χ1) is 17.5. The van der Waals surface area contributed by atoms with Gasteiger partial charge >= 0.3 is 5.97 Å². The Kier molecular flexibility index (Phi) is 12.0. The predicted molar refractivity (Wildman–Crippen MR) is 139 cm³/mol. The number of hydrogen-bond acceptors (Lipinski definition) is 7. The monoisotopic (exact) mass is 519 g/mol. The number of amides is 1. The van der Waals surface area contributed by atoms with Crippen molar-refractivity contribution in [2.45, 2.75) is 76.5 Å². The van der Waals surface area contributed by atoms with E-state index in [1.807, 2.05) is 30.3 Å². The maximum atomic E-state index is 13.2. The predicted octanol–water partition coefficient (Wildman–Crippen LogP) is 0.733. The van der Waals surface area contributed by atoms with Crippen LogP contribution in [0, 0.1) is 5.92 Å². The number of ether oxygens (including phenoxy) is 1. The minimum absolute atomic E-state index is 0.0463. The molecule has 1 aliphatic carbocycles. The molecule has 1 aromatic carbocycles. The lowest BCUT2D eigenvalue weighted by Crippen LogP contribution is -2.57. The molecule has 9 nitrogen and oxygen atoms in total. The molecule has 1 saturated carbocycles. The number of aliphatic hydroxyl groups excluding tert-OH is 1. The molecule has 3 rings (SSSR count). The first kappa shape index (κ1) is 30.7. The number of rotatable bonds is 11. The third-order valence-corrected chi connectivity index (χ3v) is 7.09. The van der Waals surface area contributed by atoms with Gasteiger partial charge in [0, 0.05) is 6.04 Å². The van der Waals surface area contributed by atoms with Crippen molar-refractivity contribution in [1.82, 2.24) is 10.2 Å². The van der Waals surface area contributed by atoms with E-state index in [1.54, 1.807) is 13.8 Å². The first-order valence-corrected chi connectivity index (χ1v) is 13.4. The minimum Gasteiger partial charge on any atom is -0.548 e. The van der Waals surface area contributed by atoms with E-state index in [0.717, 1.165) is 35.9 Å². The van der Waals surface area contributed by atoms with Crippen molar-refractivity contribution in [2.75, 3.05) is 40.9 Å². The number of esters is 1. The zero-order valence-corrected chi connectivity index (χ0v) is 23.0. The summed E-state index contributed by atoms with van der Waals surface area (Å²) in [6.07, 6.45) is 4.37. The van der Waals surface area contributed by atoms with Gasteiger partial charge in [-0.15, -0.1) is 0 Å². The van der Waals surface area contributed by atoms with Crippen molar-refractivity contribution >= 4 is 17.8 Å². The molecule has 0 unspecified atom stereocenters. The van der Waals surface area contributed by atoms with Crippen LogP contribution in [-0.2, 0) is 25.5 Å². The molecule has 1 aliphatic heterocycles. The Morgan fingerprint density at radius 2 is 1.86 bits per heavy atom. The van der Waals surface area contributed by atoms with Crippen molar-refractivity contribution in [1.29, 1.82) is 0 Å². The van der Waals surface area contributed by atoms with E-state index in [-0.39, 0.29) is 31.1 Å². The number of fused-ring (bicyclic) bond motifs is 1. The molecule has 1 amide bonds. The smallest absolute Gasteiger partial charge is 0.323 e. The Bertz CT molecular complexity index is 872. The number of nitrogens with zero attached hydrogens (tertiary/aromatic N) is 2. The largest absolute Gasteiger partial charge is 0.548 e. The van der Waals surface area contributed by atoms with E-state index >= 15 is 0 Å². The number of aliphatic hydroxyl groups is 1. The maximum Gasteiger partial charge on any atom is 0.323 e. The van der Waals surface area contributed by atoms with E-state index in [4.69, 9.17) is 9.84 Å². The number of aliphatic carboxylic acids is 1. The summed E-state index contributed by atoms with van der Waals surface area (Å²) in [7, 11) is 6.16. The summed E-state index contributed by atoms with van der Waals surface area (Å²) >= 11 is 0. The number of carbonyl (C=O) groups is 3. The Morgan fingerprint density at radius 3 is 2.41 bits per heavy atom. The summed E-state index contributed by atoms with van der Waals surface area (Å²) in [6, 6.07) is 7.53. The molecule has 5 atom stereocenters. The number of hydrogen-bond donors (Lipinski definition) is 2. The Morgan fingerprint density at radius 1 is 1.19 bits per heavy atom. The van der Waals surface area contributed by atoms with Crippen LogP contribution in [0.3, 0.4) is 0 Å². The average Bonchev–Trinajstić information content (AvgIpc) is 3.43. The van der Waals surface area contributed by atoms with Crippen molar-refractivity contribution in [3.05, 3.63) is 35.9 Å². The molecule has 0 bridgehead atoms. The molecule has 0 radical (unpaired) electrons. The molecule has 0 spiro atoms. The van der Waals surface area contributed by atoms with Gasteiger partial charge in [0.05, 0.1) is 52.4 Å². The van der Waals surface area contributed by atoms with Gasteiger partial charge in [-0.1, -0.05) is 36.8 Å². The topological polar surface area (TPSA) is 119 Å². The second kappa shape index (κ2) is 14.4. The molecule has 2 aliphatic rings. The fourth-order valence-corrected chi connectivity index (χ4v) is 5.18. The Hall–Kier alpha value is -2.49. The lowest BCUT2D eigenvalue weighted by atomic mass is 10.0. The number of benzene rings is 1. The molecular weight excluding hydrogens is 474 g/mol. The summed E-state index contributed by atoms with van der Waals surface area (Å²) in [6.45, 7) is 4.80. The number of likely N-dealkylation sites (tertiary alicyclic amines) is 1. The van der Waals surface area contributed by atoms with E-state index in [1.165, 1.54) is 4.90 Å². The molecule has 1 aromatic rings. The zero-order chi connectivity index (χ0) is 27.6. The first-order valence-electron chi connectivity index (χ1n) is 13.4. The van der Waals surface area contributed by atoms with Gasteiger partial charge in [0.25, 0.3) is 0 Å². The second-order valence-electron chi connectivity index (χ2n) is 11.0. The van der Waals surface area contributed by atoms with Gasteiger partial charge in [-0.2, -0.15) is 0 Å². The van der Waals surface area contributed by atoms with Crippen molar-refractivity contribution in [3.8, 4) is 0 Å². The summed E-state index contributed by atoms with van der Waals surface area (Å²) < 4.78 is 6.04. The van der Waals surface area contributed by atoms with E-state index < -0.39 is 30.1 Å². The fraction of sp³-hybridized carbons (Fsp3) is 0.679.